The number of aromatic nitrogens is 1. The molecule has 0 aliphatic rings. The Hall–Kier alpha value is -3.25. The number of aromatic carboxylic acids is 1. The molecule has 1 N–H and O–H groups in total. The maximum Gasteiger partial charge on any atom is 0.353 e. The van der Waals surface area contributed by atoms with E-state index in [0.717, 1.165) is 0 Å². The molecule has 1 aromatic carbocycles. The van der Waals surface area contributed by atoms with Gasteiger partial charge < -0.3 is 14.4 Å². The van der Waals surface area contributed by atoms with Gasteiger partial charge >= 0.3 is 5.97 Å². The Morgan fingerprint density at radius 1 is 1.30 bits per heavy atom. The predicted octanol–water partition coefficient (Wildman–Crippen LogP) is 2.73. The second kappa shape index (κ2) is 6.67. The molecule has 2 aromatic rings. The molecule has 0 saturated heterocycles. The summed E-state index contributed by atoms with van der Waals surface area (Å²) in [7, 11) is 1.65. The van der Waals surface area contributed by atoms with Crippen molar-refractivity contribution in [2.75, 3.05) is 6.61 Å². The van der Waals surface area contributed by atoms with Crippen LogP contribution in [0.5, 0.6) is 5.75 Å². The molecule has 116 valence electrons. The summed E-state index contributed by atoms with van der Waals surface area (Å²) < 4.78 is 6.73. The van der Waals surface area contributed by atoms with Gasteiger partial charge in [0.15, 0.2) is 6.61 Å². The number of nitriles is 2. The van der Waals surface area contributed by atoms with Crippen LogP contribution in [0, 0.1) is 22.7 Å². The molecule has 0 bridgehead atoms. The summed E-state index contributed by atoms with van der Waals surface area (Å²) in [6.45, 7) is 1.82. The molecule has 0 spiro atoms. The molecule has 0 amide bonds. The standard InChI is InChI=1S/C17H15N3O3/c1-3-14-13(10-19)15(16(17(21)22)20(14)2)11-4-6-12(7-5-11)23-9-8-18/h4-7H,3,9H2,1-2H3,(H,21,22). The second-order valence-electron chi connectivity index (χ2n) is 4.85. The van der Waals surface area contributed by atoms with Gasteiger partial charge in [-0.3, -0.25) is 0 Å². The van der Waals surface area contributed by atoms with E-state index >= 15 is 0 Å². The van der Waals surface area contributed by atoms with Crippen molar-refractivity contribution in [3.05, 3.63) is 41.2 Å². The minimum absolute atomic E-state index is 0.0610. The van der Waals surface area contributed by atoms with Crippen molar-refractivity contribution in [1.29, 1.82) is 10.5 Å². The number of nitrogens with zero attached hydrogens (tertiary/aromatic N) is 3. The number of carboxylic acid groups (broad SMARTS) is 1. The first-order chi connectivity index (χ1) is 11.0. The van der Waals surface area contributed by atoms with Crippen LogP contribution in [0.1, 0.15) is 28.7 Å². The molecule has 6 heteroatoms. The van der Waals surface area contributed by atoms with Gasteiger partial charge in [0, 0.05) is 18.3 Å². The zero-order valence-electron chi connectivity index (χ0n) is 12.8. The minimum atomic E-state index is -1.08. The van der Waals surface area contributed by atoms with E-state index in [-0.39, 0.29) is 12.3 Å². The Morgan fingerprint density at radius 3 is 2.43 bits per heavy atom. The van der Waals surface area contributed by atoms with Gasteiger partial charge in [-0.15, -0.1) is 0 Å². The number of benzene rings is 1. The number of carbonyl (C=O) groups is 1. The lowest BCUT2D eigenvalue weighted by atomic mass is 10.00. The molecule has 1 heterocycles. The smallest absolute Gasteiger partial charge is 0.353 e. The van der Waals surface area contributed by atoms with Gasteiger partial charge in [0.05, 0.1) is 5.56 Å². The van der Waals surface area contributed by atoms with Crippen LogP contribution in [0.4, 0.5) is 0 Å². The van der Waals surface area contributed by atoms with Crippen LogP contribution in [-0.2, 0) is 13.5 Å². The molecule has 23 heavy (non-hydrogen) atoms. The second-order valence-corrected chi connectivity index (χ2v) is 4.85. The van der Waals surface area contributed by atoms with Gasteiger partial charge in [0.25, 0.3) is 0 Å². The number of rotatable bonds is 5. The van der Waals surface area contributed by atoms with Crippen molar-refractivity contribution in [2.24, 2.45) is 7.05 Å². The first-order valence-electron chi connectivity index (χ1n) is 7.00. The monoisotopic (exact) mass is 309 g/mol. The van der Waals surface area contributed by atoms with Crippen molar-refractivity contribution in [1.82, 2.24) is 4.57 Å². The van der Waals surface area contributed by atoms with E-state index in [1.807, 2.05) is 13.0 Å². The highest BCUT2D eigenvalue weighted by molar-refractivity contribution is 5.97. The molecule has 2 rings (SSSR count). The largest absolute Gasteiger partial charge is 0.479 e. The van der Waals surface area contributed by atoms with Gasteiger partial charge in [-0.2, -0.15) is 10.5 Å². The van der Waals surface area contributed by atoms with Crippen LogP contribution in [-0.4, -0.2) is 22.2 Å². The van der Waals surface area contributed by atoms with Crippen LogP contribution in [0.3, 0.4) is 0 Å². The third-order valence-corrected chi connectivity index (χ3v) is 3.61. The minimum Gasteiger partial charge on any atom is -0.479 e. The number of carboxylic acids is 1. The van der Waals surface area contributed by atoms with Crippen LogP contribution in [0.2, 0.25) is 0 Å². The number of ether oxygens (including phenoxy) is 1. The lowest BCUT2D eigenvalue weighted by Crippen LogP contribution is -2.07. The van der Waals surface area contributed by atoms with Crippen molar-refractivity contribution >= 4 is 5.97 Å². The molecule has 0 aliphatic carbocycles. The predicted molar refractivity (Wildman–Crippen MR) is 83.0 cm³/mol. The quantitative estimate of drug-likeness (QED) is 0.915. The summed E-state index contributed by atoms with van der Waals surface area (Å²) in [5.74, 6) is -0.569. The van der Waals surface area contributed by atoms with Crippen molar-refractivity contribution in [3.8, 4) is 29.0 Å². The number of hydrogen-bond donors (Lipinski definition) is 1. The Kier molecular flexibility index (Phi) is 4.68. The van der Waals surface area contributed by atoms with E-state index in [1.54, 1.807) is 35.9 Å². The molecular weight excluding hydrogens is 294 g/mol. The maximum atomic E-state index is 11.6. The lowest BCUT2D eigenvalue weighted by molar-refractivity contribution is 0.0687. The SMILES string of the molecule is CCc1c(C#N)c(-c2ccc(OCC#N)cc2)c(C(=O)O)n1C. The van der Waals surface area contributed by atoms with Gasteiger partial charge in [-0.1, -0.05) is 19.1 Å². The van der Waals surface area contributed by atoms with Crippen molar-refractivity contribution in [3.63, 3.8) is 0 Å². The molecule has 0 unspecified atom stereocenters. The highest BCUT2D eigenvalue weighted by atomic mass is 16.5. The highest BCUT2D eigenvalue weighted by Crippen LogP contribution is 2.33. The normalized spacial score (nSPS) is 9.91. The first kappa shape index (κ1) is 16.1. The highest BCUT2D eigenvalue weighted by Gasteiger charge is 2.25. The molecular formula is C17H15N3O3. The Bertz CT molecular complexity index is 821. The summed E-state index contributed by atoms with van der Waals surface area (Å²) in [6.07, 6.45) is 0.559. The van der Waals surface area contributed by atoms with Crippen LogP contribution >= 0.6 is 0 Å². The summed E-state index contributed by atoms with van der Waals surface area (Å²) in [5, 5.41) is 27.5. The van der Waals surface area contributed by atoms with Crippen LogP contribution < -0.4 is 4.74 Å². The van der Waals surface area contributed by atoms with E-state index in [9.17, 15) is 15.2 Å². The maximum absolute atomic E-state index is 11.6. The molecule has 0 saturated carbocycles. The lowest BCUT2D eigenvalue weighted by Gasteiger charge is -2.06. The third kappa shape index (κ3) is 2.88. The Balaban J connectivity index is 2.61. The van der Waals surface area contributed by atoms with E-state index in [4.69, 9.17) is 10.00 Å². The van der Waals surface area contributed by atoms with Gasteiger partial charge in [0.2, 0.25) is 0 Å². The van der Waals surface area contributed by atoms with E-state index < -0.39 is 5.97 Å². The fourth-order valence-corrected chi connectivity index (χ4v) is 2.63. The fraction of sp³-hybridized carbons (Fsp3) is 0.235. The average Bonchev–Trinajstić information content (AvgIpc) is 2.85. The van der Waals surface area contributed by atoms with E-state index in [2.05, 4.69) is 6.07 Å². The van der Waals surface area contributed by atoms with Crippen LogP contribution in [0.25, 0.3) is 11.1 Å². The van der Waals surface area contributed by atoms with E-state index in [1.165, 1.54) is 0 Å². The first-order valence-corrected chi connectivity index (χ1v) is 7.00. The summed E-state index contributed by atoms with van der Waals surface area (Å²) in [6, 6.07) is 10.7. The fourth-order valence-electron chi connectivity index (χ4n) is 2.63. The Labute approximate surface area is 133 Å². The zero-order valence-corrected chi connectivity index (χ0v) is 12.8. The van der Waals surface area contributed by atoms with E-state index in [0.29, 0.717) is 34.6 Å². The molecule has 0 atom stereocenters. The molecule has 0 aliphatic heterocycles. The third-order valence-electron chi connectivity index (χ3n) is 3.61. The van der Waals surface area contributed by atoms with Crippen molar-refractivity contribution < 1.29 is 14.6 Å². The molecule has 0 fully saturated rings. The van der Waals surface area contributed by atoms with Crippen molar-refractivity contribution in [2.45, 2.75) is 13.3 Å². The summed E-state index contributed by atoms with van der Waals surface area (Å²) in [4.78, 5) is 11.6. The molecule has 0 radical (unpaired) electrons. The zero-order chi connectivity index (χ0) is 17.0. The number of hydrogen-bond acceptors (Lipinski definition) is 4. The molecule has 1 aromatic heterocycles. The van der Waals surface area contributed by atoms with Gasteiger partial charge in [-0.05, 0) is 24.1 Å². The Morgan fingerprint density at radius 2 is 1.96 bits per heavy atom. The van der Waals surface area contributed by atoms with Gasteiger partial charge in [-0.25, -0.2) is 4.79 Å². The topological polar surface area (TPSA) is 99.0 Å². The molecule has 6 nitrogen and oxygen atoms in total. The summed E-state index contributed by atoms with van der Waals surface area (Å²) >= 11 is 0. The average molecular weight is 309 g/mol. The summed E-state index contributed by atoms with van der Waals surface area (Å²) in [5.41, 5.74) is 2.18. The van der Waals surface area contributed by atoms with Crippen LogP contribution in [0.15, 0.2) is 24.3 Å². The van der Waals surface area contributed by atoms with Gasteiger partial charge in [0.1, 0.15) is 23.6 Å².